The van der Waals surface area contributed by atoms with E-state index in [4.69, 9.17) is 10.2 Å². The largest absolute Gasteiger partial charge is 0.394 e. The lowest BCUT2D eigenvalue weighted by molar-refractivity contribution is -0.121. The number of aliphatic hydroxyl groups excluding tert-OH is 2. The van der Waals surface area contributed by atoms with Crippen molar-refractivity contribution < 1.29 is 15.0 Å². The molecule has 4 nitrogen and oxygen atoms in total. The second-order valence-electron chi connectivity index (χ2n) is 4.91. The van der Waals surface area contributed by atoms with E-state index >= 15 is 0 Å². The van der Waals surface area contributed by atoms with Gasteiger partial charge in [0.05, 0.1) is 24.5 Å². The highest BCUT2D eigenvalue weighted by Crippen LogP contribution is 2.13. The molecular formula is C14H21NO3S. The molecule has 0 atom stereocenters. The van der Waals surface area contributed by atoms with Crippen molar-refractivity contribution in [3.8, 4) is 0 Å². The van der Waals surface area contributed by atoms with Gasteiger partial charge in [-0.15, -0.1) is 11.8 Å². The lowest BCUT2D eigenvalue weighted by Crippen LogP contribution is -2.52. The minimum atomic E-state index is -0.943. The molecule has 0 unspecified atom stereocenters. The van der Waals surface area contributed by atoms with Gasteiger partial charge in [0.25, 0.3) is 0 Å². The van der Waals surface area contributed by atoms with Crippen molar-refractivity contribution in [3.63, 3.8) is 0 Å². The molecule has 0 spiro atoms. The molecule has 0 fully saturated rings. The van der Waals surface area contributed by atoms with E-state index in [1.807, 2.05) is 25.1 Å². The van der Waals surface area contributed by atoms with E-state index in [0.29, 0.717) is 5.75 Å². The van der Waals surface area contributed by atoms with E-state index in [-0.39, 0.29) is 19.1 Å². The summed E-state index contributed by atoms with van der Waals surface area (Å²) < 4.78 is 0. The summed E-state index contributed by atoms with van der Waals surface area (Å²) in [5.74, 6) is 0.899. The molecule has 1 amide bonds. The van der Waals surface area contributed by atoms with E-state index in [9.17, 15) is 4.79 Å². The highest BCUT2D eigenvalue weighted by Gasteiger charge is 2.24. The number of carbonyl (C=O) groups excluding carboxylic acids is 1. The van der Waals surface area contributed by atoms with Crippen molar-refractivity contribution in [2.75, 3.05) is 19.0 Å². The van der Waals surface area contributed by atoms with Gasteiger partial charge in [0.1, 0.15) is 0 Å². The molecule has 1 aromatic rings. The predicted molar refractivity (Wildman–Crippen MR) is 78.1 cm³/mol. The first kappa shape index (κ1) is 16.0. The second kappa shape index (κ2) is 7.53. The van der Waals surface area contributed by atoms with Crippen LogP contribution in [0.5, 0.6) is 0 Å². The summed E-state index contributed by atoms with van der Waals surface area (Å²) in [5, 5.41) is 20.8. The number of hydrogen-bond donors (Lipinski definition) is 3. The van der Waals surface area contributed by atoms with Crippen LogP contribution >= 0.6 is 11.8 Å². The Kier molecular flexibility index (Phi) is 6.34. The van der Waals surface area contributed by atoms with Gasteiger partial charge in [0.2, 0.25) is 5.91 Å². The van der Waals surface area contributed by atoms with Crippen molar-refractivity contribution in [2.45, 2.75) is 25.1 Å². The van der Waals surface area contributed by atoms with E-state index in [1.54, 1.807) is 6.92 Å². The SMILES string of the molecule is Cc1cccc(CSCC(=O)NC(C)(CO)CO)c1. The maximum atomic E-state index is 11.7. The number of rotatable bonds is 7. The van der Waals surface area contributed by atoms with Crippen molar-refractivity contribution >= 4 is 17.7 Å². The average molecular weight is 283 g/mol. The lowest BCUT2D eigenvalue weighted by Gasteiger charge is -2.26. The van der Waals surface area contributed by atoms with Crippen LogP contribution in [0.25, 0.3) is 0 Å². The van der Waals surface area contributed by atoms with Crippen molar-refractivity contribution in [1.29, 1.82) is 0 Å². The molecule has 19 heavy (non-hydrogen) atoms. The molecule has 1 aromatic carbocycles. The predicted octanol–water partition coefficient (Wildman–Crippen LogP) is 1.09. The van der Waals surface area contributed by atoms with Gasteiger partial charge in [-0.25, -0.2) is 0 Å². The summed E-state index contributed by atoms with van der Waals surface area (Å²) in [6.45, 7) is 3.08. The minimum Gasteiger partial charge on any atom is -0.394 e. The van der Waals surface area contributed by atoms with Gasteiger partial charge in [-0.2, -0.15) is 0 Å². The van der Waals surface area contributed by atoms with Crippen molar-refractivity contribution in [1.82, 2.24) is 5.32 Å². The number of benzene rings is 1. The van der Waals surface area contributed by atoms with Crippen LogP contribution in [0.3, 0.4) is 0 Å². The Balaban J connectivity index is 2.35. The molecule has 0 heterocycles. The Morgan fingerprint density at radius 3 is 2.63 bits per heavy atom. The molecule has 106 valence electrons. The number of amides is 1. The molecular weight excluding hydrogens is 262 g/mol. The van der Waals surface area contributed by atoms with Crippen LogP contribution < -0.4 is 5.32 Å². The maximum Gasteiger partial charge on any atom is 0.230 e. The standard InChI is InChI=1S/C14H21NO3S/c1-11-4-3-5-12(6-11)7-19-8-13(18)15-14(2,9-16)10-17/h3-6,16-17H,7-10H2,1-2H3,(H,15,18). The Morgan fingerprint density at radius 1 is 1.37 bits per heavy atom. The Bertz CT molecular complexity index is 419. The fourth-order valence-electron chi connectivity index (χ4n) is 1.57. The van der Waals surface area contributed by atoms with Crippen LogP contribution in [0.4, 0.5) is 0 Å². The van der Waals surface area contributed by atoms with Crippen LogP contribution in [0.15, 0.2) is 24.3 Å². The lowest BCUT2D eigenvalue weighted by atomic mass is 10.1. The molecule has 1 rings (SSSR count). The minimum absolute atomic E-state index is 0.178. The zero-order valence-electron chi connectivity index (χ0n) is 11.3. The monoisotopic (exact) mass is 283 g/mol. The second-order valence-corrected chi connectivity index (χ2v) is 5.89. The molecule has 0 aliphatic rings. The molecule has 0 aliphatic carbocycles. The quantitative estimate of drug-likeness (QED) is 0.700. The van der Waals surface area contributed by atoms with Gasteiger partial charge in [-0.3, -0.25) is 4.79 Å². The molecule has 0 radical (unpaired) electrons. The van der Waals surface area contributed by atoms with Crippen molar-refractivity contribution in [3.05, 3.63) is 35.4 Å². The normalized spacial score (nSPS) is 11.4. The van der Waals surface area contributed by atoms with Crippen LogP contribution in [0.1, 0.15) is 18.1 Å². The van der Waals surface area contributed by atoms with Crippen LogP contribution in [-0.2, 0) is 10.5 Å². The highest BCUT2D eigenvalue weighted by molar-refractivity contribution is 7.99. The van der Waals surface area contributed by atoms with E-state index in [2.05, 4.69) is 11.4 Å². The number of nitrogens with one attached hydrogen (secondary N) is 1. The summed E-state index contributed by atoms with van der Waals surface area (Å²) in [7, 11) is 0. The maximum absolute atomic E-state index is 11.7. The van der Waals surface area contributed by atoms with Crippen LogP contribution in [0, 0.1) is 6.92 Å². The third-order valence-electron chi connectivity index (χ3n) is 2.72. The van der Waals surface area contributed by atoms with E-state index in [1.165, 1.54) is 22.9 Å². The van der Waals surface area contributed by atoms with Gasteiger partial charge in [0, 0.05) is 5.75 Å². The third-order valence-corrected chi connectivity index (χ3v) is 3.73. The summed E-state index contributed by atoms with van der Waals surface area (Å²) >= 11 is 1.51. The van der Waals surface area contributed by atoms with Gasteiger partial charge in [-0.1, -0.05) is 29.8 Å². The first-order valence-corrected chi connectivity index (χ1v) is 7.30. The zero-order valence-corrected chi connectivity index (χ0v) is 12.2. The van der Waals surface area contributed by atoms with Gasteiger partial charge >= 0.3 is 0 Å². The van der Waals surface area contributed by atoms with Gasteiger partial charge in [-0.05, 0) is 19.4 Å². The van der Waals surface area contributed by atoms with Gasteiger partial charge < -0.3 is 15.5 Å². The molecule has 0 aromatic heterocycles. The smallest absolute Gasteiger partial charge is 0.230 e. The molecule has 0 saturated carbocycles. The van der Waals surface area contributed by atoms with Crippen LogP contribution in [-0.4, -0.2) is 40.6 Å². The summed E-state index contributed by atoms with van der Waals surface area (Å²) in [4.78, 5) is 11.7. The summed E-state index contributed by atoms with van der Waals surface area (Å²) in [5.41, 5.74) is 1.45. The number of aliphatic hydroxyl groups is 2. The Hall–Kier alpha value is -1.04. The first-order chi connectivity index (χ1) is 8.99. The molecule has 0 aliphatic heterocycles. The third kappa shape index (κ3) is 5.63. The Labute approximate surface area is 118 Å². The first-order valence-electron chi connectivity index (χ1n) is 6.15. The average Bonchev–Trinajstić information content (AvgIpc) is 2.38. The fourth-order valence-corrected chi connectivity index (χ4v) is 2.34. The van der Waals surface area contributed by atoms with Crippen LogP contribution in [0.2, 0.25) is 0 Å². The number of hydrogen-bond acceptors (Lipinski definition) is 4. The summed E-state index contributed by atoms with van der Waals surface area (Å²) in [6.07, 6.45) is 0. The number of thioether (sulfide) groups is 1. The summed E-state index contributed by atoms with van der Waals surface area (Å²) in [6, 6.07) is 8.16. The van der Waals surface area contributed by atoms with E-state index < -0.39 is 5.54 Å². The Morgan fingerprint density at radius 2 is 2.05 bits per heavy atom. The van der Waals surface area contributed by atoms with E-state index in [0.717, 1.165) is 5.75 Å². The number of carbonyl (C=O) groups is 1. The topological polar surface area (TPSA) is 69.6 Å². The molecule has 0 saturated heterocycles. The molecule has 3 N–H and O–H groups in total. The highest BCUT2D eigenvalue weighted by atomic mass is 32.2. The van der Waals surface area contributed by atoms with Gasteiger partial charge in [0.15, 0.2) is 0 Å². The van der Waals surface area contributed by atoms with Crippen molar-refractivity contribution in [2.24, 2.45) is 0 Å². The molecule has 5 heteroatoms. The number of aryl methyl sites for hydroxylation is 1. The molecule has 0 bridgehead atoms. The zero-order chi connectivity index (χ0) is 14.3. The fraction of sp³-hybridized carbons (Fsp3) is 0.500.